The summed E-state index contributed by atoms with van der Waals surface area (Å²) >= 11 is 0. The van der Waals surface area contributed by atoms with Gasteiger partial charge in [0.2, 0.25) is 10.0 Å². The third-order valence-electron chi connectivity index (χ3n) is 4.85. The highest BCUT2D eigenvalue weighted by molar-refractivity contribution is 7.88. The molecule has 0 spiro atoms. The number of carbonyl (C=O) groups is 1. The van der Waals surface area contributed by atoms with E-state index in [-0.39, 0.29) is 29.7 Å². The van der Waals surface area contributed by atoms with Gasteiger partial charge in [-0.3, -0.25) is 9.89 Å². The minimum Gasteiger partial charge on any atom is -0.460 e. The second kappa shape index (κ2) is 6.22. The summed E-state index contributed by atoms with van der Waals surface area (Å²) in [6.07, 6.45) is 1.69. The fraction of sp³-hybridized carbons (Fsp3) is 0.500. The summed E-state index contributed by atoms with van der Waals surface area (Å²) in [6, 6.07) is 4.44. The van der Waals surface area contributed by atoms with Crippen molar-refractivity contribution in [3.8, 4) is 11.5 Å². The minimum absolute atomic E-state index is 0.101. The molecule has 4 rings (SSSR count). The van der Waals surface area contributed by atoms with E-state index in [1.807, 2.05) is 13.0 Å². The van der Waals surface area contributed by atoms with Crippen LogP contribution < -0.4 is 10.0 Å². The van der Waals surface area contributed by atoms with Gasteiger partial charge in [-0.1, -0.05) is 0 Å². The molecule has 0 radical (unpaired) electrons. The van der Waals surface area contributed by atoms with Crippen molar-refractivity contribution in [2.45, 2.75) is 31.5 Å². The fourth-order valence-corrected chi connectivity index (χ4v) is 4.44. The molecule has 26 heavy (non-hydrogen) atoms. The molecule has 0 bridgehead atoms. The Kier molecular flexibility index (Phi) is 4.13. The Hall–Kier alpha value is -2.17. The second-order valence-electron chi connectivity index (χ2n) is 6.78. The summed E-state index contributed by atoms with van der Waals surface area (Å²) < 4.78 is 36.8. The highest BCUT2D eigenvalue weighted by Crippen LogP contribution is 2.39. The number of rotatable bonds is 5. The van der Waals surface area contributed by atoms with E-state index in [4.69, 9.17) is 9.15 Å². The first-order valence-corrected chi connectivity index (χ1v) is 10.2. The van der Waals surface area contributed by atoms with Crippen molar-refractivity contribution in [2.75, 3.05) is 12.9 Å². The van der Waals surface area contributed by atoms with Crippen LogP contribution in [0.25, 0.3) is 11.5 Å². The average Bonchev–Trinajstić information content (AvgIpc) is 3.28. The molecule has 3 N–H and O–H groups in total. The average molecular weight is 380 g/mol. The molecule has 2 fully saturated rings. The van der Waals surface area contributed by atoms with Crippen molar-refractivity contribution < 1.29 is 22.4 Å². The number of H-pyrrole nitrogens is 1. The van der Waals surface area contributed by atoms with Gasteiger partial charge in [-0.25, -0.2) is 13.1 Å². The summed E-state index contributed by atoms with van der Waals surface area (Å²) in [6.45, 7) is 2.40. The van der Waals surface area contributed by atoms with Crippen LogP contribution in [-0.4, -0.2) is 55.6 Å². The van der Waals surface area contributed by atoms with E-state index in [2.05, 4.69) is 20.2 Å². The largest absolute Gasteiger partial charge is 0.460 e. The van der Waals surface area contributed by atoms with Crippen LogP contribution in [0.1, 0.15) is 22.7 Å². The summed E-state index contributed by atoms with van der Waals surface area (Å²) in [7, 11) is -3.40. The van der Waals surface area contributed by atoms with Gasteiger partial charge in [-0.05, 0) is 25.5 Å². The van der Waals surface area contributed by atoms with E-state index in [9.17, 15) is 13.2 Å². The molecular formula is C16H20N4O5S. The number of aryl methyl sites for hydroxylation is 1. The summed E-state index contributed by atoms with van der Waals surface area (Å²) in [4.78, 5) is 12.6. The van der Waals surface area contributed by atoms with E-state index in [1.54, 1.807) is 12.1 Å². The summed E-state index contributed by atoms with van der Waals surface area (Å²) in [5.41, 5.74) is 0.819. The van der Waals surface area contributed by atoms with Crippen LogP contribution >= 0.6 is 0 Å². The molecule has 2 aromatic heterocycles. The molecule has 0 unspecified atom stereocenters. The van der Waals surface area contributed by atoms with Crippen LogP contribution in [0.2, 0.25) is 0 Å². The van der Waals surface area contributed by atoms with Gasteiger partial charge >= 0.3 is 0 Å². The third kappa shape index (κ3) is 3.15. The zero-order valence-corrected chi connectivity index (χ0v) is 15.2. The molecule has 1 aliphatic carbocycles. The molecule has 1 saturated heterocycles. The van der Waals surface area contributed by atoms with Crippen molar-refractivity contribution in [2.24, 2.45) is 5.92 Å². The van der Waals surface area contributed by atoms with Crippen LogP contribution in [0.5, 0.6) is 0 Å². The van der Waals surface area contributed by atoms with Crippen LogP contribution in [-0.2, 0) is 14.8 Å². The minimum atomic E-state index is -3.40. The number of carbonyl (C=O) groups excluding carboxylic acids is 1. The number of aromatic amines is 1. The number of furan rings is 1. The smallest absolute Gasteiger partial charge is 0.272 e. The SMILES string of the molecule is Cc1ccc(-c2cc(C(=O)N[C@@H]3[C@@H]4CCO[C@@H]4[C@H]3NS(C)(=O)=O)n[nH]2)o1. The van der Waals surface area contributed by atoms with Crippen molar-refractivity contribution in [3.05, 3.63) is 29.7 Å². The van der Waals surface area contributed by atoms with E-state index in [0.717, 1.165) is 18.4 Å². The molecule has 1 amide bonds. The Morgan fingerprint density at radius 3 is 2.85 bits per heavy atom. The summed E-state index contributed by atoms with van der Waals surface area (Å²) in [5, 5.41) is 9.70. The number of fused-ring (bicyclic) bond motifs is 1. The van der Waals surface area contributed by atoms with Crippen molar-refractivity contribution >= 4 is 15.9 Å². The molecule has 3 heterocycles. The molecule has 10 heteroatoms. The number of ether oxygens (including phenoxy) is 1. The van der Waals surface area contributed by atoms with Crippen molar-refractivity contribution in [1.29, 1.82) is 0 Å². The first kappa shape index (κ1) is 17.3. The predicted octanol–water partition coefficient (Wildman–Crippen LogP) is 0.413. The van der Waals surface area contributed by atoms with Crippen molar-refractivity contribution in [3.63, 3.8) is 0 Å². The lowest BCUT2D eigenvalue weighted by atomic mass is 9.72. The lowest BCUT2D eigenvalue weighted by Gasteiger charge is -2.47. The zero-order chi connectivity index (χ0) is 18.5. The standard InChI is InChI=1S/C16H20N4O5S/c1-8-3-4-12(25-8)10-7-11(19-18-10)16(21)17-13-9-5-6-24-15(9)14(13)20-26(2,22)23/h3-4,7,9,13-15,20H,5-6H2,1-2H3,(H,17,21)(H,18,19)/t9-,13+,14-,15-/m0/s1. The molecule has 2 aliphatic rings. The van der Waals surface area contributed by atoms with E-state index >= 15 is 0 Å². The molecule has 4 atom stereocenters. The van der Waals surface area contributed by atoms with Gasteiger partial charge in [0, 0.05) is 18.6 Å². The van der Waals surface area contributed by atoms with E-state index in [0.29, 0.717) is 18.1 Å². The van der Waals surface area contributed by atoms with Crippen LogP contribution in [0.15, 0.2) is 22.6 Å². The lowest BCUT2D eigenvalue weighted by molar-refractivity contribution is -0.0194. The zero-order valence-electron chi connectivity index (χ0n) is 14.4. The fourth-order valence-electron chi connectivity index (χ4n) is 3.66. The third-order valence-corrected chi connectivity index (χ3v) is 5.55. The topological polar surface area (TPSA) is 126 Å². The van der Waals surface area contributed by atoms with Gasteiger partial charge in [0.25, 0.3) is 5.91 Å². The van der Waals surface area contributed by atoms with Gasteiger partial charge < -0.3 is 14.5 Å². The van der Waals surface area contributed by atoms with Gasteiger partial charge in [0.05, 0.1) is 24.4 Å². The summed E-state index contributed by atoms with van der Waals surface area (Å²) in [5.74, 6) is 1.09. The lowest BCUT2D eigenvalue weighted by Crippen LogP contribution is -2.70. The Bertz CT molecular complexity index is 934. The number of hydrogen-bond acceptors (Lipinski definition) is 6. The number of amides is 1. The molecule has 140 valence electrons. The predicted molar refractivity (Wildman–Crippen MR) is 91.9 cm³/mol. The molecule has 0 aromatic carbocycles. The number of nitrogens with one attached hydrogen (secondary N) is 3. The van der Waals surface area contributed by atoms with Gasteiger partial charge in [0.15, 0.2) is 11.5 Å². The van der Waals surface area contributed by atoms with Gasteiger partial charge in [-0.2, -0.15) is 5.10 Å². The van der Waals surface area contributed by atoms with Crippen molar-refractivity contribution in [1.82, 2.24) is 20.2 Å². The first-order valence-electron chi connectivity index (χ1n) is 8.34. The molecule has 2 aromatic rings. The first-order chi connectivity index (χ1) is 12.3. The maximum Gasteiger partial charge on any atom is 0.272 e. The maximum atomic E-state index is 12.6. The highest BCUT2D eigenvalue weighted by Gasteiger charge is 2.55. The number of aromatic nitrogens is 2. The molecule has 1 saturated carbocycles. The number of sulfonamides is 1. The Morgan fingerprint density at radius 2 is 2.15 bits per heavy atom. The van der Waals surface area contributed by atoms with Gasteiger partial charge in [0.1, 0.15) is 11.5 Å². The second-order valence-corrected chi connectivity index (χ2v) is 8.56. The quantitative estimate of drug-likeness (QED) is 0.690. The number of hydrogen-bond donors (Lipinski definition) is 3. The van der Waals surface area contributed by atoms with Crippen LogP contribution in [0.3, 0.4) is 0 Å². The van der Waals surface area contributed by atoms with Crippen LogP contribution in [0.4, 0.5) is 0 Å². The normalized spacial score (nSPS) is 27.8. The monoisotopic (exact) mass is 380 g/mol. The Labute approximate surface area is 150 Å². The molecule has 9 nitrogen and oxygen atoms in total. The Morgan fingerprint density at radius 1 is 1.35 bits per heavy atom. The molecule has 1 aliphatic heterocycles. The Balaban J connectivity index is 1.48. The maximum absolute atomic E-state index is 12.6. The van der Waals surface area contributed by atoms with E-state index in [1.165, 1.54) is 0 Å². The van der Waals surface area contributed by atoms with E-state index < -0.39 is 16.1 Å². The highest BCUT2D eigenvalue weighted by atomic mass is 32.2. The van der Waals surface area contributed by atoms with Gasteiger partial charge in [-0.15, -0.1) is 0 Å². The number of nitrogens with zero attached hydrogens (tertiary/aromatic N) is 1. The van der Waals surface area contributed by atoms with Crippen LogP contribution in [0, 0.1) is 12.8 Å². The molecular weight excluding hydrogens is 360 g/mol.